The molecule has 0 fully saturated rings. The number of phenols is 1. The van der Waals surface area contributed by atoms with Crippen molar-refractivity contribution in [3.05, 3.63) is 52.8 Å². The summed E-state index contributed by atoms with van der Waals surface area (Å²) in [5.74, 6) is 0.354. The Kier molecular flexibility index (Phi) is 16.2. The van der Waals surface area contributed by atoms with Gasteiger partial charge in [-0.15, -0.1) is 6.42 Å². The summed E-state index contributed by atoms with van der Waals surface area (Å²) >= 11 is 1.75. The van der Waals surface area contributed by atoms with Crippen molar-refractivity contribution < 1.29 is 49.9 Å². The van der Waals surface area contributed by atoms with E-state index in [-0.39, 0.29) is 24.8 Å². The van der Waals surface area contributed by atoms with Gasteiger partial charge in [0.25, 0.3) is 0 Å². The fourth-order valence-corrected chi connectivity index (χ4v) is 3.12. The summed E-state index contributed by atoms with van der Waals surface area (Å²) in [4.78, 5) is 3.25. The molecule has 123 valence electrons. The first-order valence-corrected chi connectivity index (χ1v) is 11.3. The summed E-state index contributed by atoms with van der Waals surface area (Å²) in [6, 6.07) is 5.51. The molecule has 0 amide bonds. The van der Waals surface area contributed by atoms with Crippen molar-refractivity contribution >= 4 is 12.9 Å². The quantitative estimate of drug-likeness (QED) is 0.458. The van der Waals surface area contributed by atoms with Gasteiger partial charge in [-0.2, -0.15) is 6.08 Å². The monoisotopic (exact) mass is 391 g/mol. The number of allylic oxidation sites excluding steroid dienone is 4. The number of aryl methyl sites for hydroxylation is 2. The van der Waals surface area contributed by atoms with Crippen LogP contribution in [0.3, 0.4) is 0 Å². The van der Waals surface area contributed by atoms with Crippen LogP contribution in [0.1, 0.15) is 17.5 Å². The number of rotatable bonds is 1. The van der Waals surface area contributed by atoms with E-state index < -0.39 is 8.07 Å². The molecule has 0 saturated heterocycles. The molecule has 0 aromatic heterocycles. The third-order valence-corrected chi connectivity index (χ3v) is 4.67. The molecule has 0 heterocycles. The number of benzene rings is 1. The SMILES string of the molecule is C[Si](C)(C)C1=[C-]CC=C1.Cc1cc(C)cc(O)c1.[CH2]=[Ti+].[Cl-].[Cl-]. The molecule has 1 nitrogen and oxygen atoms in total. The third kappa shape index (κ3) is 11.4. The van der Waals surface area contributed by atoms with Crippen LogP contribution in [0.15, 0.2) is 35.5 Å². The number of aromatic hydroxyl groups is 1. The van der Waals surface area contributed by atoms with Crippen LogP contribution in [-0.4, -0.2) is 18.0 Å². The van der Waals surface area contributed by atoms with Crippen LogP contribution in [0, 0.1) is 19.9 Å². The van der Waals surface area contributed by atoms with Gasteiger partial charge in [-0.25, -0.2) is 11.3 Å². The Morgan fingerprint density at radius 3 is 1.73 bits per heavy atom. The molecule has 0 bridgehead atoms. The molecule has 1 N–H and O–H groups in total. The van der Waals surface area contributed by atoms with E-state index in [1.165, 1.54) is 5.20 Å². The molecule has 1 aromatic rings. The van der Waals surface area contributed by atoms with Gasteiger partial charge < -0.3 is 29.9 Å². The molecule has 0 unspecified atom stereocenters. The van der Waals surface area contributed by atoms with Crippen molar-refractivity contribution in [3.63, 3.8) is 0 Å². The van der Waals surface area contributed by atoms with Crippen molar-refractivity contribution in [2.45, 2.75) is 39.9 Å². The Labute approximate surface area is 160 Å². The molecule has 1 aromatic carbocycles. The zero-order valence-corrected chi connectivity index (χ0v) is 18.1. The summed E-state index contributed by atoms with van der Waals surface area (Å²) in [5, 5.41) is 10.5. The third-order valence-electron chi connectivity index (χ3n) is 2.71. The van der Waals surface area contributed by atoms with Gasteiger partial charge in [0.05, 0.1) is 0 Å². The zero-order valence-electron chi connectivity index (χ0n) is 14.0. The van der Waals surface area contributed by atoms with Gasteiger partial charge in [-0.3, -0.25) is 6.08 Å². The van der Waals surface area contributed by atoms with Crippen molar-refractivity contribution in [2.24, 2.45) is 0 Å². The molecule has 0 saturated carbocycles. The smallest absolute Gasteiger partial charge is 1.00 e. The molecule has 5 heteroatoms. The van der Waals surface area contributed by atoms with E-state index in [1.807, 2.05) is 19.9 Å². The molecule has 0 aliphatic heterocycles. The molecule has 1 aliphatic carbocycles. The van der Waals surface area contributed by atoms with Gasteiger partial charge in [0.15, 0.2) is 0 Å². The average molecular weight is 392 g/mol. The first-order chi connectivity index (χ1) is 9.29. The second-order valence-corrected chi connectivity index (χ2v) is 10.8. The minimum absolute atomic E-state index is 0. The van der Waals surface area contributed by atoms with E-state index in [2.05, 4.69) is 42.7 Å². The minimum Gasteiger partial charge on any atom is -1.00 e. The molecule has 1 aliphatic rings. The summed E-state index contributed by atoms with van der Waals surface area (Å²) in [6.45, 7) is 11.0. The summed E-state index contributed by atoms with van der Waals surface area (Å²) in [7, 11) is -1.01. The van der Waals surface area contributed by atoms with Crippen molar-refractivity contribution in [2.75, 3.05) is 0 Å². The molecular formula is C17H25Cl2OSiTi-2. The summed E-state index contributed by atoms with van der Waals surface area (Å²) in [6.07, 6.45) is 8.82. The number of halogens is 2. The predicted octanol–water partition coefficient (Wildman–Crippen LogP) is -1.46. The molecule has 0 spiro atoms. The van der Waals surface area contributed by atoms with Crippen molar-refractivity contribution in [1.29, 1.82) is 0 Å². The fourth-order valence-electron chi connectivity index (χ4n) is 1.87. The summed E-state index contributed by atoms with van der Waals surface area (Å²) in [5.41, 5.74) is 2.21. The number of hydrogen-bond acceptors (Lipinski definition) is 1. The van der Waals surface area contributed by atoms with Crippen LogP contribution in [-0.2, 0) is 20.0 Å². The second kappa shape index (κ2) is 13.3. The van der Waals surface area contributed by atoms with E-state index in [0.717, 1.165) is 17.5 Å². The molecule has 0 atom stereocenters. The topological polar surface area (TPSA) is 20.2 Å². The van der Waals surface area contributed by atoms with E-state index >= 15 is 0 Å². The van der Waals surface area contributed by atoms with Crippen LogP contribution < -0.4 is 24.8 Å². The predicted molar refractivity (Wildman–Crippen MR) is 88.6 cm³/mol. The maximum Gasteiger partial charge on any atom is -1.00 e. The molecule has 0 radical (unpaired) electrons. The Morgan fingerprint density at radius 2 is 1.50 bits per heavy atom. The van der Waals surface area contributed by atoms with Crippen LogP contribution in [0.4, 0.5) is 0 Å². The maximum absolute atomic E-state index is 8.99. The van der Waals surface area contributed by atoms with Crippen LogP contribution in [0.25, 0.3) is 0 Å². The Morgan fingerprint density at radius 1 is 1.05 bits per heavy atom. The number of hydrogen-bond donors (Lipinski definition) is 1. The van der Waals surface area contributed by atoms with Gasteiger partial charge in [-0.1, -0.05) is 25.7 Å². The van der Waals surface area contributed by atoms with E-state index in [1.54, 1.807) is 32.1 Å². The number of phenolic OH excluding ortho intramolecular Hbond substituents is 1. The Bertz CT molecular complexity index is 443. The van der Waals surface area contributed by atoms with E-state index in [4.69, 9.17) is 5.11 Å². The normalized spacial score (nSPS) is 11.7. The standard InChI is InChI=1S/C8H10O.C8H13Si.CH2.2ClH.Ti/c1-6-3-7(2)5-8(9)4-6;1-9(2,3)8-6-4-5-7-8;;;;/h3-5,9H,1-2H3;4,6H,5H2,1-3H3;1H2;2*1H;/q;-1;;;;+1/p-2. The van der Waals surface area contributed by atoms with Gasteiger partial charge in [0.1, 0.15) is 5.75 Å². The van der Waals surface area contributed by atoms with E-state index in [0.29, 0.717) is 5.75 Å². The zero-order chi connectivity index (χ0) is 15.8. The Hall–Kier alpha value is -0.119. The Balaban J connectivity index is -0.000000273. The largest absolute Gasteiger partial charge is 1.00 e. The van der Waals surface area contributed by atoms with Gasteiger partial charge in [0, 0.05) is 8.07 Å². The van der Waals surface area contributed by atoms with Gasteiger partial charge in [-0.05, 0) is 37.1 Å². The first-order valence-electron chi connectivity index (χ1n) is 6.69. The summed E-state index contributed by atoms with van der Waals surface area (Å²) < 4.78 is 0. The fraction of sp³-hybridized carbons (Fsp3) is 0.353. The van der Waals surface area contributed by atoms with E-state index in [9.17, 15) is 0 Å². The van der Waals surface area contributed by atoms with Gasteiger partial charge >= 0.3 is 24.8 Å². The molecule has 2 rings (SSSR count). The first kappa shape index (κ1) is 26.8. The van der Waals surface area contributed by atoms with Crippen molar-refractivity contribution in [1.82, 2.24) is 0 Å². The average Bonchev–Trinajstić information content (AvgIpc) is 2.83. The van der Waals surface area contributed by atoms with Gasteiger partial charge in [0.2, 0.25) is 0 Å². The maximum atomic E-state index is 8.99. The van der Waals surface area contributed by atoms with Crippen LogP contribution >= 0.6 is 0 Å². The molecule has 22 heavy (non-hydrogen) atoms. The second-order valence-electron chi connectivity index (χ2n) is 5.79. The minimum atomic E-state index is -1.01. The molecular weight excluding hydrogens is 367 g/mol. The van der Waals surface area contributed by atoms with Crippen LogP contribution in [0.5, 0.6) is 5.75 Å². The van der Waals surface area contributed by atoms with Crippen LogP contribution in [0.2, 0.25) is 19.6 Å². The van der Waals surface area contributed by atoms with Crippen molar-refractivity contribution in [3.8, 4) is 5.75 Å².